The van der Waals surface area contributed by atoms with E-state index >= 15 is 0 Å². The average molecular weight is 408 g/mol. The first-order valence-electron chi connectivity index (χ1n) is 9.52. The molecule has 0 spiro atoms. The van der Waals surface area contributed by atoms with Gasteiger partial charge in [-0.1, -0.05) is 30.3 Å². The van der Waals surface area contributed by atoms with Gasteiger partial charge in [-0.05, 0) is 56.2 Å². The summed E-state index contributed by atoms with van der Waals surface area (Å²) in [5.74, 6) is 0.909. The molecule has 5 rings (SSSR count). The number of benzene rings is 2. The highest BCUT2D eigenvalue weighted by molar-refractivity contribution is 7.71. The number of fused-ring (bicyclic) bond motifs is 1. The lowest BCUT2D eigenvalue weighted by Crippen LogP contribution is -2.27. The first kappa shape index (κ1) is 17.7. The Bertz CT molecular complexity index is 1140. The van der Waals surface area contributed by atoms with E-state index in [1.807, 2.05) is 34.4 Å². The fraction of sp³-hybridized carbons (Fsp3) is 0.286. The minimum absolute atomic E-state index is 0.335. The second kappa shape index (κ2) is 7.24. The lowest BCUT2D eigenvalue weighted by molar-refractivity contribution is 0.189. The molecule has 5 nitrogen and oxygen atoms in total. The Morgan fingerprint density at radius 1 is 1.11 bits per heavy atom. The number of aryl methyl sites for hydroxylation is 1. The van der Waals surface area contributed by atoms with Crippen molar-refractivity contribution >= 4 is 33.8 Å². The highest BCUT2D eigenvalue weighted by Gasteiger charge is 2.29. The molecule has 4 aromatic rings. The van der Waals surface area contributed by atoms with Gasteiger partial charge in [0.1, 0.15) is 10.8 Å². The van der Waals surface area contributed by atoms with Crippen LogP contribution in [0.5, 0.6) is 0 Å². The molecule has 7 heteroatoms. The normalized spacial score (nSPS) is 17.5. The van der Waals surface area contributed by atoms with E-state index in [4.69, 9.17) is 22.3 Å². The Labute approximate surface area is 172 Å². The first-order valence-corrected chi connectivity index (χ1v) is 10.7. The Kier molecular flexibility index (Phi) is 4.58. The van der Waals surface area contributed by atoms with Crippen LogP contribution in [0.2, 0.25) is 0 Å². The van der Waals surface area contributed by atoms with Crippen molar-refractivity contribution in [3.05, 3.63) is 70.2 Å². The second-order valence-corrected chi connectivity index (χ2v) is 8.56. The molecule has 1 fully saturated rings. The topological polar surface area (TPSA) is 38.9 Å². The maximum atomic E-state index is 5.76. The van der Waals surface area contributed by atoms with Gasteiger partial charge in [-0.15, -0.1) is 11.3 Å². The molecule has 142 valence electrons. The Morgan fingerprint density at radius 2 is 1.89 bits per heavy atom. The van der Waals surface area contributed by atoms with E-state index in [0.717, 1.165) is 34.8 Å². The SMILES string of the molecule is Cc1nn(CN2CCC[C@H]2c2nc3ccccc3s2)c(=S)n1-c1ccccc1. The van der Waals surface area contributed by atoms with Gasteiger partial charge in [0.15, 0.2) is 0 Å². The summed E-state index contributed by atoms with van der Waals surface area (Å²) in [6, 6.07) is 18.9. The molecule has 2 aromatic carbocycles. The molecular formula is C21H21N5S2. The molecule has 1 aliphatic rings. The molecular weight excluding hydrogens is 386 g/mol. The van der Waals surface area contributed by atoms with Crippen LogP contribution in [-0.2, 0) is 6.67 Å². The number of thiazole rings is 1. The summed E-state index contributed by atoms with van der Waals surface area (Å²) >= 11 is 7.57. The van der Waals surface area contributed by atoms with Crippen LogP contribution in [-0.4, -0.2) is 30.8 Å². The third-order valence-electron chi connectivity index (χ3n) is 5.29. The van der Waals surface area contributed by atoms with Gasteiger partial charge < -0.3 is 0 Å². The molecule has 0 amide bonds. The van der Waals surface area contributed by atoms with E-state index < -0.39 is 0 Å². The van der Waals surface area contributed by atoms with Crippen LogP contribution in [0.1, 0.15) is 29.7 Å². The maximum absolute atomic E-state index is 5.76. The fourth-order valence-electron chi connectivity index (χ4n) is 3.96. The van der Waals surface area contributed by atoms with Crippen LogP contribution in [0.15, 0.2) is 54.6 Å². The molecule has 0 bridgehead atoms. The van der Waals surface area contributed by atoms with Gasteiger partial charge >= 0.3 is 0 Å². The molecule has 1 aliphatic heterocycles. The van der Waals surface area contributed by atoms with Crippen LogP contribution in [0.3, 0.4) is 0 Å². The van der Waals surface area contributed by atoms with Crippen molar-refractivity contribution in [3.8, 4) is 5.69 Å². The highest BCUT2D eigenvalue weighted by Crippen LogP contribution is 2.36. The maximum Gasteiger partial charge on any atom is 0.203 e. The number of aromatic nitrogens is 4. The zero-order chi connectivity index (χ0) is 19.1. The Hall–Kier alpha value is -2.35. The van der Waals surface area contributed by atoms with Crippen molar-refractivity contribution in [2.24, 2.45) is 0 Å². The fourth-order valence-corrected chi connectivity index (χ4v) is 5.44. The van der Waals surface area contributed by atoms with Crippen molar-refractivity contribution in [1.82, 2.24) is 24.2 Å². The molecule has 0 aliphatic carbocycles. The summed E-state index contributed by atoms with van der Waals surface area (Å²) in [6.07, 6.45) is 2.30. The van der Waals surface area contributed by atoms with Crippen molar-refractivity contribution in [1.29, 1.82) is 0 Å². The first-order chi connectivity index (χ1) is 13.7. The molecule has 0 unspecified atom stereocenters. The molecule has 28 heavy (non-hydrogen) atoms. The van der Waals surface area contributed by atoms with Crippen LogP contribution in [0, 0.1) is 11.7 Å². The minimum atomic E-state index is 0.335. The van der Waals surface area contributed by atoms with Gasteiger partial charge in [0.2, 0.25) is 4.77 Å². The Balaban J connectivity index is 1.45. The number of para-hydroxylation sites is 2. The summed E-state index contributed by atoms with van der Waals surface area (Å²) in [7, 11) is 0. The number of hydrogen-bond acceptors (Lipinski definition) is 5. The van der Waals surface area contributed by atoms with E-state index in [1.54, 1.807) is 11.3 Å². The zero-order valence-corrected chi connectivity index (χ0v) is 17.3. The van der Waals surface area contributed by atoms with Gasteiger partial charge in [-0.2, -0.15) is 5.10 Å². The van der Waals surface area contributed by atoms with Gasteiger partial charge in [0.25, 0.3) is 0 Å². The lowest BCUT2D eigenvalue weighted by Gasteiger charge is -2.22. The van der Waals surface area contributed by atoms with Gasteiger partial charge in [0, 0.05) is 12.2 Å². The predicted molar refractivity (Wildman–Crippen MR) is 115 cm³/mol. The molecule has 3 heterocycles. The van der Waals surface area contributed by atoms with Gasteiger partial charge in [-0.3, -0.25) is 9.47 Å². The number of nitrogens with zero attached hydrogens (tertiary/aromatic N) is 5. The van der Waals surface area contributed by atoms with E-state index in [1.165, 1.54) is 16.1 Å². The number of hydrogen-bond donors (Lipinski definition) is 0. The average Bonchev–Trinajstić information content (AvgIpc) is 3.40. The van der Waals surface area contributed by atoms with Crippen molar-refractivity contribution < 1.29 is 0 Å². The number of likely N-dealkylation sites (tertiary alicyclic amines) is 1. The van der Waals surface area contributed by atoms with Crippen molar-refractivity contribution in [2.75, 3.05) is 6.54 Å². The standard InChI is InChI=1S/C21H21N5S2/c1-15-23-25(21(27)26(15)16-8-3-2-4-9-16)14-24-13-7-11-18(24)20-22-17-10-5-6-12-19(17)28-20/h2-6,8-10,12,18H,7,11,13-14H2,1H3/t18-/m0/s1. The third kappa shape index (κ3) is 3.09. The number of rotatable bonds is 4. The molecule has 2 aromatic heterocycles. The van der Waals surface area contributed by atoms with Crippen molar-refractivity contribution in [3.63, 3.8) is 0 Å². The van der Waals surface area contributed by atoms with E-state index in [9.17, 15) is 0 Å². The van der Waals surface area contributed by atoms with E-state index in [-0.39, 0.29) is 0 Å². The van der Waals surface area contributed by atoms with Crippen molar-refractivity contribution in [2.45, 2.75) is 32.5 Å². The quantitative estimate of drug-likeness (QED) is 0.440. The van der Waals surface area contributed by atoms with Gasteiger partial charge in [0.05, 0.1) is 22.9 Å². The molecule has 1 atom stereocenters. The monoisotopic (exact) mass is 407 g/mol. The largest absolute Gasteiger partial charge is 0.275 e. The molecule has 0 N–H and O–H groups in total. The van der Waals surface area contributed by atoms with E-state index in [0.29, 0.717) is 12.7 Å². The van der Waals surface area contributed by atoms with Crippen LogP contribution < -0.4 is 0 Å². The summed E-state index contributed by atoms with van der Waals surface area (Å²) in [4.78, 5) is 7.35. The Morgan fingerprint density at radius 3 is 2.71 bits per heavy atom. The minimum Gasteiger partial charge on any atom is -0.275 e. The smallest absolute Gasteiger partial charge is 0.203 e. The van der Waals surface area contributed by atoms with Crippen LogP contribution in [0.25, 0.3) is 15.9 Å². The third-order valence-corrected chi connectivity index (χ3v) is 6.82. The zero-order valence-electron chi connectivity index (χ0n) is 15.7. The van der Waals surface area contributed by atoms with E-state index in [2.05, 4.69) is 41.3 Å². The highest BCUT2D eigenvalue weighted by atomic mass is 32.1. The van der Waals surface area contributed by atoms with Gasteiger partial charge in [-0.25, -0.2) is 9.67 Å². The summed E-state index contributed by atoms with van der Waals surface area (Å²) in [6.45, 7) is 3.74. The lowest BCUT2D eigenvalue weighted by atomic mass is 10.2. The second-order valence-electron chi connectivity index (χ2n) is 7.13. The molecule has 1 saturated heterocycles. The molecule has 0 radical (unpaired) electrons. The summed E-state index contributed by atoms with van der Waals surface area (Å²) < 4.78 is 5.98. The summed E-state index contributed by atoms with van der Waals surface area (Å²) in [5.41, 5.74) is 2.15. The predicted octanol–water partition coefficient (Wildman–Crippen LogP) is 5.12. The molecule has 0 saturated carbocycles. The summed E-state index contributed by atoms with van der Waals surface area (Å²) in [5, 5.41) is 5.94. The van der Waals surface area contributed by atoms with Crippen LogP contribution in [0.4, 0.5) is 0 Å². The van der Waals surface area contributed by atoms with Crippen LogP contribution >= 0.6 is 23.6 Å².